The summed E-state index contributed by atoms with van der Waals surface area (Å²) in [6.07, 6.45) is 5.21. The Morgan fingerprint density at radius 3 is 2.68 bits per heavy atom. The summed E-state index contributed by atoms with van der Waals surface area (Å²) >= 11 is 0. The van der Waals surface area contributed by atoms with Crippen LogP contribution in [0.4, 0.5) is 0 Å². The zero-order valence-corrected chi connectivity index (χ0v) is 14.1. The van der Waals surface area contributed by atoms with Gasteiger partial charge in [0.1, 0.15) is 5.75 Å². The second-order valence-electron chi connectivity index (χ2n) is 7.29. The number of rotatable bonds is 2. The molecule has 0 radical (unpaired) electrons. The number of benzene rings is 1. The van der Waals surface area contributed by atoms with Crippen LogP contribution in [0.3, 0.4) is 0 Å². The molecule has 1 fully saturated rings. The molecule has 0 aliphatic heterocycles. The van der Waals surface area contributed by atoms with Gasteiger partial charge in [-0.25, -0.2) is 0 Å². The molecular formula is C19H26O3. The van der Waals surface area contributed by atoms with E-state index >= 15 is 0 Å². The molecule has 0 saturated heterocycles. The van der Waals surface area contributed by atoms with Crippen molar-refractivity contribution in [1.29, 1.82) is 0 Å². The third kappa shape index (κ3) is 2.05. The lowest BCUT2D eigenvalue weighted by Gasteiger charge is -2.54. The molecule has 0 spiro atoms. The Kier molecular flexibility index (Phi) is 3.70. The van der Waals surface area contributed by atoms with Gasteiger partial charge >= 0.3 is 5.97 Å². The van der Waals surface area contributed by atoms with Crippen LogP contribution in [-0.4, -0.2) is 20.2 Å². The van der Waals surface area contributed by atoms with Gasteiger partial charge in [-0.05, 0) is 67.2 Å². The third-order valence-electron chi connectivity index (χ3n) is 6.22. The van der Waals surface area contributed by atoms with Crippen molar-refractivity contribution in [2.75, 3.05) is 14.2 Å². The van der Waals surface area contributed by atoms with E-state index in [2.05, 4.69) is 26.0 Å². The maximum absolute atomic E-state index is 12.5. The molecule has 1 aromatic carbocycles. The van der Waals surface area contributed by atoms with Crippen LogP contribution in [0.1, 0.15) is 50.7 Å². The number of carbonyl (C=O) groups is 1. The lowest BCUT2D eigenvalue weighted by Crippen LogP contribution is -2.52. The van der Waals surface area contributed by atoms with Gasteiger partial charge in [-0.15, -0.1) is 0 Å². The Balaban J connectivity index is 2.09. The maximum atomic E-state index is 12.5. The van der Waals surface area contributed by atoms with E-state index in [0.29, 0.717) is 5.92 Å². The van der Waals surface area contributed by atoms with Gasteiger partial charge in [0.2, 0.25) is 0 Å². The highest BCUT2D eigenvalue weighted by molar-refractivity contribution is 5.77. The first-order valence-electron chi connectivity index (χ1n) is 8.21. The molecule has 2 aliphatic rings. The van der Waals surface area contributed by atoms with E-state index in [1.165, 1.54) is 18.2 Å². The van der Waals surface area contributed by atoms with Gasteiger partial charge in [0.15, 0.2) is 0 Å². The van der Waals surface area contributed by atoms with Crippen LogP contribution in [0.25, 0.3) is 0 Å². The standard InChI is InChI=1S/C19H26O3/c1-18-10-5-11-19(2,17(20)22-4)16(18)9-7-13-6-8-14(21-3)12-15(13)18/h6,8,12,16H,5,7,9-11H2,1-4H3/t16?,18-,19?/m0/s1. The summed E-state index contributed by atoms with van der Waals surface area (Å²) in [6.45, 7) is 4.43. The Morgan fingerprint density at radius 2 is 2.00 bits per heavy atom. The second kappa shape index (κ2) is 5.29. The van der Waals surface area contributed by atoms with Gasteiger partial charge in [0, 0.05) is 0 Å². The molecule has 0 N–H and O–H groups in total. The third-order valence-corrected chi connectivity index (χ3v) is 6.22. The zero-order valence-electron chi connectivity index (χ0n) is 14.1. The molecule has 0 bridgehead atoms. The molecular weight excluding hydrogens is 276 g/mol. The highest BCUT2D eigenvalue weighted by atomic mass is 16.5. The smallest absolute Gasteiger partial charge is 0.311 e. The number of esters is 1. The molecule has 0 heterocycles. The first kappa shape index (κ1) is 15.4. The fraction of sp³-hybridized carbons (Fsp3) is 0.632. The number of aryl methyl sites for hydroxylation is 1. The number of hydrogen-bond acceptors (Lipinski definition) is 3. The SMILES string of the molecule is COC(=O)C1(C)CCC[C@@]2(C)c3cc(OC)ccc3CCC12. The lowest BCUT2D eigenvalue weighted by atomic mass is 9.50. The van der Waals surface area contributed by atoms with Crippen LogP contribution < -0.4 is 4.74 Å². The molecule has 2 aliphatic carbocycles. The average Bonchev–Trinajstić information content (AvgIpc) is 2.53. The molecule has 3 rings (SSSR count). The summed E-state index contributed by atoms with van der Waals surface area (Å²) < 4.78 is 10.6. The van der Waals surface area contributed by atoms with Crippen molar-refractivity contribution in [3.8, 4) is 5.75 Å². The lowest BCUT2D eigenvalue weighted by molar-refractivity contribution is -0.161. The molecule has 1 saturated carbocycles. The van der Waals surface area contributed by atoms with E-state index in [9.17, 15) is 4.79 Å². The van der Waals surface area contributed by atoms with Crippen LogP contribution in [-0.2, 0) is 21.4 Å². The number of carbonyl (C=O) groups excluding carboxylic acids is 1. The molecule has 1 aromatic rings. The largest absolute Gasteiger partial charge is 0.497 e. The Labute approximate surface area is 133 Å². The van der Waals surface area contributed by atoms with Gasteiger partial charge in [0.25, 0.3) is 0 Å². The summed E-state index contributed by atoms with van der Waals surface area (Å²) in [5.41, 5.74) is 2.44. The van der Waals surface area contributed by atoms with Crippen molar-refractivity contribution in [3.63, 3.8) is 0 Å². The van der Waals surface area contributed by atoms with Gasteiger partial charge in [-0.3, -0.25) is 4.79 Å². The van der Waals surface area contributed by atoms with Crippen LogP contribution in [0, 0.1) is 11.3 Å². The summed E-state index contributed by atoms with van der Waals surface area (Å²) in [5, 5.41) is 0. The molecule has 120 valence electrons. The van der Waals surface area contributed by atoms with Crippen LogP contribution in [0.5, 0.6) is 5.75 Å². The number of fused-ring (bicyclic) bond motifs is 3. The molecule has 22 heavy (non-hydrogen) atoms. The van der Waals surface area contributed by atoms with E-state index in [0.717, 1.165) is 37.9 Å². The predicted molar refractivity (Wildman–Crippen MR) is 86.1 cm³/mol. The zero-order chi connectivity index (χ0) is 16.0. The number of hydrogen-bond donors (Lipinski definition) is 0. The molecule has 0 amide bonds. The van der Waals surface area contributed by atoms with Gasteiger partial charge in [0.05, 0.1) is 19.6 Å². The van der Waals surface area contributed by atoms with Gasteiger partial charge in [-0.1, -0.05) is 19.4 Å². The van der Waals surface area contributed by atoms with Gasteiger partial charge < -0.3 is 9.47 Å². The summed E-state index contributed by atoms with van der Waals surface area (Å²) in [7, 11) is 3.23. The quantitative estimate of drug-likeness (QED) is 0.778. The van der Waals surface area contributed by atoms with Gasteiger partial charge in [-0.2, -0.15) is 0 Å². The molecule has 2 unspecified atom stereocenters. The average molecular weight is 302 g/mol. The highest BCUT2D eigenvalue weighted by Gasteiger charge is 2.55. The number of ether oxygens (including phenoxy) is 2. The van der Waals surface area contributed by atoms with Crippen molar-refractivity contribution in [2.24, 2.45) is 11.3 Å². The highest BCUT2D eigenvalue weighted by Crippen LogP contribution is 2.57. The van der Waals surface area contributed by atoms with E-state index in [4.69, 9.17) is 9.47 Å². The first-order chi connectivity index (χ1) is 10.5. The Morgan fingerprint density at radius 1 is 1.23 bits per heavy atom. The Bertz CT molecular complexity index is 594. The molecule has 0 aromatic heterocycles. The fourth-order valence-corrected chi connectivity index (χ4v) is 5.04. The summed E-state index contributed by atoms with van der Waals surface area (Å²) in [4.78, 5) is 12.5. The topological polar surface area (TPSA) is 35.5 Å². The first-order valence-corrected chi connectivity index (χ1v) is 8.21. The van der Waals surface area contributed by atoms with Crippen LogP contribution in [0.2, 0.25) is 0 Å². The van der Waals surface area contributed by atoms with Crippen molar-refractivity contribution in [3.05, 3.63) is 29.3 Å². The minimum Gasteiger partial charge on any atom is -0.497 e. The predicted octanol–water partition coefficient (Wildman–Crippen LogP) is 3.88. The second-order valence-corrected chi connectivity index (χ2v) is 7.29. The summed E-state index contributed by atoms with van der Waals surface area (Å²) in [6, 6.07) is 6.43. The van der Waals surface area contributed by atoms with Crippen molar-refractivity contribution in [2.45, 2.75) is 51.4 Å². The van der Waals surface area contributed by atoms with E-state index < -0.39 is 0 Å². The molecule has 3 atom stereocenters. The molecule has 3 heteroatoms. The van der Waals surface area contributed by atoms with Crippen molar-refractivity contribution < 1.29 is 14.3 Å². The number of methoxy groups -OCH3 is 2. The van der Waals surface area contributed by atoms with Crippen LogP contribution in [0.15, 0.2) is 18.2 Å². The normalized spacial score (nSPS) is 33.5. The maximum Gasteiger partial charge on any atom is 0.311 e. The van der Waals surface area contributed by atoms with Crippen LogP contribution >= 0.6 is 0 Å². The summed E-state index contributed by atoms with van der Waals surface area (Å²) in [5.74, 6) is 1.20. The van der Waals surface area contributed by atoms with Crippen molar-refractivity contribution >= 4 is 5.97 Å². The van der Waals surface area contributed by atoms with Crippen molar-refractivity contribution in [1.82, 2.24) is 0 Å². The molecule has 3 nitrogen and oxygen atoms in total. The minimum absolute atomic E-state index is 0.0311. The Hall–Kier alpha value is -1.51. The van der Waals surface area contributed by atoms with E-state index in [1.807, 2.05) is 6.07 Å². The fourth-order valence-electron chi connectivity index (χ4n) is 5.04. The minimum atomic E-state index is -0.373. The van der Waals surface area contributed by atoms with E-state index in [-0.39, 0.29) is 16.8 Å². The monoisotopic (exact) mass is 302 g/mol. The van der Waals surface area contributed by atoms with E-state index in [1.54, 1.807) is 7.11 Å².